The second-order valence-corrected chi connectivity index (χ2v) is 8.86. The number of fused-ring (bicyclic) bond motifs is 2. The maximum absolute atomic E-state index is 12.9. The van der Waals surface area contributed by atoms with E-state index < -0.39 is 0 Å². The highest BCUT2D eigenvalue weighted by Crippen LogP contribution is 2.30. The zero-order valence-corrected chi connectivity index (χ0v) is 18.0. The van der Waals surface area contributed by atoms with E-state index in [1.54, 1.807) is 16.7 Å². The molecule has 0 aliphatic carbocycles. The lowest BCUT2D eigenvalue weighted by Gasteiger charge is -2.16. The first-order valence-corrected chi connectivity index (χ1v) is 11.1. The van der Waals surface area contributed by atoms with Gasteiger partial charge in [-0.05, 0) is 38.1 Å². The number of benzene rings is 2. The van der Waals surface area contributed by atoms with Gasteiger partial charge in [-0.15, -0.1) is 11.3 Å². The highest BCUT2D eigenvalue weighted by Gasteiger charge is 2.17. The highest BCUT2D eigenvalue weighted by molar-refractivity contribution is 7.99. The summed E-state index contributed by atoms with van der Waals surface area (Å²) in [6.07, 6.45) is 0. The Hall–Kier alpha value is -3.15. The molecular formula is C22H18N4O2S2. The molecule has 0 fully saturated rings. The topological polar surface area (TPSA) is 91.8 Å². The average molecular weight is 435 g/mol. The molecule has 0 aliphatic rings. The Kier molecular flexibility index (Phi) is 5.57. The van der Waals surface area contributed by atoms with E-state index in [-0.39, 0.29) is 28.7 Å². The Balaban J connectivity index is 1.71. The zero-order chi connectivity index (χ0) is 21.3. The molecule has 1 N–H and O–H groups in total. The standard InChI is InChI=1S/C22H18N4O2S2/c1-13(2)26-21(28)14-7-3-4-8-16(14)25-22(26)29-12-18(27)15(11-23)20-24-17-9-5-6-10-19(17)30-20/h3-10,13,27H,12H2,1-2H3/b18-15+. The average Bonchev–Trinajstić information content (AvgIpc) is 3.16. The van der Waals surface area contributed by atoms with Gasteiger partial charge in [-0.1, -0.05) is 36.0 Å². The summed E-state index contributed by atoms with van der Waals surface area (Å²) in [4.78, 5) is 22.0. The van der Waals surface area contributed by atoms with Crippen LogP contribution in [-0.4, -0.2) is 25.4 Å². The Morgan fingerprint density at radius 2 is 1.87 bits per heavy atom. The summed E-state index contributed by atoms with van der Waals surface area (Å²) < 4.78 is 2.56. The normalized spacial score (nSPS) is 12.3. The lowest BCUT2D eigenvalue weighted by Crippen LogP contribution is -2.25. The second kappa shape index (κ2) is 8.30. The highest BCUT2D eigenvalue weighted by atomic mass is 32.2. The van der Waals surface area contributed by atoms with Gasteiger partial charge >= 0.3 is 0 Å². The van der Waals surface area contributed by atoms with Gasteiger partial charge < -0.3 is 5.11 Å². The molecule has 4 rings (SSSR count). The van der Waals surface area contributed by atoms with Crippen LogP contribution in [0.3, 0.4) is 0 Å². The number of allylic oxidation sites excluding steroid dienone is 1. The molecule has 0 radical (unpaired) electrons. The number of rotatable bonds is 5. The van der Waals surface area contributed by atoms with Crippen molar-refractivity contribution in [2.24, 2.45) is 0 Å². The molecule has 4 aromatic rings. The van der Waals surface area contributed by atoms with Gasteiger partial charge in [-0.25, -0.2) is 9.97 Å². The van der Waals surface area contributed by atoms with Gasteiger partial charge in [-0.2, -0.15) is 5.26 Å². The summed E-state index contributed by atoms with van der Waals surface area (Å²) in [6, 6.07) is 16.8. The number of hydrogen-bond donors (Lipinski definition) is 1. The van der Waals surface area contributed by atoms with E-state index in [0.29, 0.717) is 21.1 Å². The number of aromatic nitrogens is 3. The van der Waals surface area contributed by atoms with Crippen LogP contribution in [-0.2, 0) is 0 Å². The van der Waals surface area contributed by atoms with Crippen molar-refractivity contribution in [2.45, 2.75) is 25.0 Å². The number of para-hydroxylation sites is 2. The van der Waals surface area contributed by atoms with Crippen LogP contribution in [0.5, 0.6) is 0 Å². The van der Waals surface area contributed by atoms with Gasteiger partial charge in [0.05, 0.1) is 26.9 Å². The number of thioether (sulfide) groups is 1. The van der Waals surface area contributed by atoms with Crippen LogP contribution in [0.25, 0.3) is 26.7 Å². The minimum absolute atomic E-state index is 0.0840. The summed E-state index contributed by atoms with van der Waals surface area (Å²) in [5, 5.41) is 21.8. The number of nitriles is 1. The van der Waals surface area contributed by atoms with Crippen LogP contribution in [0, 0.1) is 11.3 Å². The summed E-state index contributed by atoms with van der Waals surface area (Å²) in [5.74, 6) is 0.0234. The molecule has 6 nitrogen and oxygen atoms in total. The number of aliphatic hydroxyl groups excluding tert-OH is 1. The van der Waals surface area contributed by atoms with Gasteiger partial charge in [0.2, 0.25) is 0 Å². The lowest BCUT2D eigenvalue weighted by atomic mass is 10.2. The largest absolute Gasteiger partial charge is 0.510 e. The van der Waals surface area contributed by atoms with E-state index >= 15 is 0 Å². The predicted octanol–water partition coefficient (Wildman–Crippen LogP) is 5.17. The molecule has 0 unspecified atom stereocenters. The smallest absolute Gasteiger partial charge is 0.262 e. The first kappa shape index (κ1) is 20.1. The number of nitrogens with zero attached hydrogens (tertiary/aromatic N) is 4. The summed E-state index contributed by atoms with van der Waals surface area (Å²) >= 11 is 2.59. The molecule has 2 aromatic heterocycles. The van der Waals surface area contributed by atoms with E-state index in [0.717, 1.165) is 10.2 Å². The molecule has 0 bridgehead atoms. The summed E-state index contributed by atoms with van der Waals surface area (Å²) in [6.45, 7) is 3.83. The minimum atomic E-state index is -0.117. The molecule has 0 amide bonds. The molecule has 0 saturated carbocycles. The van der Waals surface area contributed by atoms with Gasteiger partial charge in [0.15, 0.2) is 5.16 Å². The third kappa shape index (κ3) is 3.70. The number of hydrogen-bond acceptors (Lipinski definition) is 7. The van der Waals surface area contributed by atoms with Crippen molar-refractivity contribution in [3.05, 3.63) is 69.7 Å². The van der Waals surface area contributed by atoms with Gasteiger partial charge in [0, 0.05) is 6.04 Å². The van der Waals surface area contributed by atoms with Crippen LogP contribution >= 0.6 is 23.1 Å². The van der Waals surface area contributed by atoms with Crippen molar-refractivity contribution in [1.82, 2.24) is 14.5 Å². The number of thiazole rings is 1. The van der Waals surface area contributed by atoms with Crippen LogP contribution in [0.15, 0.2) is 64.2 Å². The molecule has 2 heterocycles. The van der Waals surface area contributed by atoms with Gasteiger partial charge in [-0.3, -0.25) is 9.36 Å². The quantitative estimate of drug-likeness (QED) is 0.202. The maximum Gasteiger partial charge on any atom is 0.262 e. The van der Waals surface area contributed by atoms with Gasteiger partial charge in [0.1, 0.15) is 22.4 Å². The van der Waals surface area contributed by atoms with Crippen LogP contribution in [0.2, 0.25) is 0 Å². The fourth-order valence-electron chi connectivity index (χ4n) is 3.10. The monoisotopic (exact) mass is 434 g/mol. The Morgan fingerprint density at radius 1 is 1.17 bits per heavy atom. The second-order valence-electron chi connectivity index (χ2n) is 6.89. The van der Waals surface area contributed by atoms with E-state index in [1.165, 1.54) is 23.1 Å². The molecule has 0 saturated heterocycles. The Labute approximate surface area is 181 Å². The molecular weight excluding hydrogens is 416 g/mol. The Bertz CT molecular complexity index is 1350. The van der Waals surface area contributed by atoms with E-state index in [2.05, 4.69) is 16.0 Å². The fraction of sp³-hybridized carbons (Fsp3) is 0.182. The van der Waals surface area contributed by atoms with Crippen LogP contribution < -0.4 is 5.56 Å². The molecule has 2 aromatic carbocycles. The van der Waals surface area contributed by atoms with Crippen molar-refractivity contribution < 1.29 is 5.11 Å². The van der Waals surface area contributed by atoms with E-state index in [1.807, 2.05) is 50.2 Å². The predicted molar refractivity (Wildman–Crippen MR) is 122 cm³/mol. The van der Waals surface area contributed by atoms with Crippen LogP contribution in [0.1, 0.15) is 24.9 Å². The number of aliphatic hydroxyl groups is 1. The molecule has 8 heteroatoms. The third-order valence-corrected chi connectivity index (χ3v) is 6.56. The summed E-state index contributed by atoms with van der Waals surface area (Å²) in [7, 11) is 0. The van der Waals surface area contributed by atoms with Crippen molar-refractivity contribution >= 4 is 49.8 Å². The third-order valence-electron chi connectivity index (χ3n) is 4.54. The molecule has 150 valence electrons. The molecule has 30 heavy (non-hydrogen) atoms. The first-order valence-electron chi connectivity index (χ1n) is 9.32. The SMILES string of the molecule is CC(C)n1c(SC/C(O)=C(/C#N)c2nc3ccccc3s2)nc2ccccc2c1=O. The van der Waals surface area contributed by atoms with Crippen molar-refractivity contribution in [2.75, 3.05) is 5.75 Å². The van der Waals surface area contributed by atoms with Crippen molar-refractivity contribution in [3.63, 3.8) is 0 Å². The van der Waals surface area contributed by atoms with Crippen molar-refractivity contribution in [3.8, 4) is 6.07 Å². The zero-order valence-electron chi connectivity index (χ0n) is 16.4. The maximum atomic E-state index is 12.9. The minimum Gasteiger partial charge on any atom is -0.510 e. The Morgan fingerprint density at radius 3 is 2.57 bits per heavy atom. The van der Waals surface area contributed by atoms with Crippen molar-refractivity contribution in [1.29, 1.82) is 5.26 Å². The first-order chi connectivity index (χ1) is 14.5. The van der Waals surface area contributed by atoms with E-state index in [4.69, 9.17) is 0 Å². The van der Waals surface area contributed by atoms with E-state index in [9.17, 15) is 15.2 Å². The summed E-state index contributed by atoms with van der Waals surface area (Å²) in [5.41, 5.74) is 1.42. The fourth-order valence-corrected chi connectivity index (χ4v) is 5.09. The van der Waals surface area contributed by atoms with Gasteiger partial charge in [0.25, 0.3) is 5.56 Å². The van der Waals surface area contributed by atoms with Crippen LogP contribution in [0.4, 0.5) is 0 Å². The molecule has 0 aliphatic heterocycles. The molecule has 0 spiro atoms. The lowest BCUT2D eigenvalue weighted by molar-refractivity contribution is 0.420. The molecule has 0 atom stereocenters.